The largest absolute Gasteiger partial charge is 0.487 e. The summed E-state index contributed by atoms with van der Waals surface area (Å²) in [7, 11) is 1.33. The Balaban J connectivity index is 1.66. The Kier molecular flexibility index (Phi) is 8.61. The summed E-state index contributed by atoms with van der Waals surface area (Å²) in [6, 6.07) is 19.8. The second kappa shape index (κ2) is 12.1. The van der Waals surface area contributed by atoms with E-state index in [0.717, 1.165) is 15.6 Å². The first-order chi connectivity index (χ1) is 19.3. The third kappa shape index (κ3) is 5.67. The number of nitrogens with zero attached hydrogens (tertiary/aromatic N) is 2. The highest BCUT2D eigenvalue weighted by Crippen LogP contribution is 2.34. The molecule has 1 aliphatic rings. The van der Waals surface area contributed by atoms with E-state index in [1.165, 1.54) is 18.4 Å². The highest BCUT2D eigenvalue weighted by atomic mass is 79.9. The van der Waals surface area contributed by atoms with Crippen molar-refractivity contribution in [2.24, 2.45) is 4.99 Å². The number of ether oxygens (including phenoxy) is 2. The zero-order chi connectivity index (χ0) is 28.4. The van der Waals surface area contributed by atoms with Gasteiger partial charge in [-0.15, -0.1) is 0 Å². The number of aromatic nitrogens is 1. The topological polar surface area (TPSA) is 69.9 Å². The van der Waals surface area contributed by atoms with Crippen LogP contribution in [0.3, 0.4) is 0 Å². The maximum Gasteiger partial charge on any atom is 0.338 e. The molecule has 5 rings (SSSR count). The van der Waals surface area contributed by atoms with Gasteiger partial charge in [-0.2, -0.15) is 0 Å². The Labute approximate surface area is 252 Å². The molecule has 3 aromatic carbocycles. The van der Waals surface area contributed by atoms with Gasteiger partial charge in [0.05, 0.1) is 34.0 Å². The van der Waals surface area contributed by atoms with Gasteiger partial charge < -0.3 is 9.47 Å². The fourth-order valence-electron chi connectivity index (χ4n) is 4.53. The molecule has 204 valence electrons. The standard InChI is InChI=1S/C30H23BrCl2N2O4S/c1-3-23-25(29(37)38-2)26(18-7-5-4-6-8-18)35-28(36)24(40-30(35)34-23)14-19-13-21(32)15-22(33)27(19)39-16-17-9-11-20(31)12-10-17/h4-15,26H,3,16H2,1-2H3/b24-14+/t26-/m1/s1. The van der Waals surface area contributed by atoms with Gasteiger partial charge >= 0.3 is 5.97 Å². The Bertz CT molecular complexity index is 1800. The molecular formula is C30H23BrCl2N2O4S. The molecule has 0 N–H and O–H groups in total. The van der Waals surface area contributed by atoms with Crippen molar-refractivity contribution >= 4 is 62.5 Å². The van der Waals surface area contributed by atoms with E-state index in [4.69, 9.17) is 37.7 Å². The SMILES string of the molecule is CCC1=C(C(=O)OC)[C@@H](c2ccccc2)n2c(s/c(=C/c3cc(Cl)cc(Cl)c3OCc3ccc(Br)cc3)c2=O)=N1. The van der Waals surface area contributed by atoms with Crippen LogP contribution >= 0.6 is 50.5 Å². The molecular weight excluding hydrogens is 635 g/mol. The van der Waals surface area contributed by atoms with E-state index in [0.29, 0.717) is 48.4 Å². The van der Waals surface area contributed by atoms with Crippen molar-refractivity contribution in [3.63, 3.8) is 0 Å². The van der Waals surface area contributed by atoms with Crippen LogP contribution in [0.1, 0.15) is 36.1 Å². The Morgan fingerprint density at radius 1 is 1.12 bits per heavy atom. The van der Waals surface area contributed by atoms with Gasteiger partial charge in [0.2, 0.25) is 0 Å². The molecule has 40 heavy (non-hydrogen) atoms. The fourth-order valence-corrected chi connectivity index (χ4v) is 6.37. The number of hydrogen-bond acceptors (Lipinski definition) is 6. The number of hydrogen-bond donors (Lipinski definition) is 0. The van der Waals surface area contributed by atoms with Gasteiger partial charge in [-0.1, -0.05) is 99.9 Å². The Morgan fingerprint density at radius 2 is 1.85 bits per heavy atom. The molecule has 0 bridgehead atoms. The number of fused-ring (bicyclic) bond motifs is 1. The van der Waals surface area contributed by atoms with Gasteiger partial charge in [0.25, 0.3) is 5.56 Å². The molecule has 0 unspecified atom stereocenters. The summed E-state index contributed by atoms with van der Waals surface area (Å²) >= 11 is 17.6. The van der Waals surface area contributed by atoms with Crippen LogP contribution in [-0.4, -0.2) is 17.6 Å². The van der Waals surface area contributed by atoms with Gasteiger partial charge in [-0.05, 0) is 47.9 Å². The molecule has 1 atom stereocenters. The van der Waals surface area contributed by atoms with Crippen LogP contribution in [0.25, 0.3) is 6.08 Å². The summed E-state index contributed by atoms with van der Waals surface area (Å²) in [5.41, 5.74) is 2.91. The minimum absolute atomic E-state index is 0.271. The van der Waals surface area contributed by atoms with E-state index in [9.17, 15) is 9.59 Å². The van der Waals surface area contributed by atoms with Gasteiger partial charge in [0.15, 0.2) is 4.80 Å². The maximum absolute atomic E-state index is 13.9. The summed E-state index contributed by atoms with van der Waals surface area (Å²) < 4.78 is 14.1. The second-order valence-electron chi connectivity index (χ2n) is 8.92. The number of esters is 1. The van der Waals surface area contributed by atoms with Gasteiger partial charge in [-0.3, -0.25) is 9.36 Å². The van der Waals surface area contributed by atoms with Crippen LogP contribution < -0.4 is 19.6 Å². The van der Waals surface area contributed by atoms with Crippen LogP contribution in [0, 0.1) is 0 Å². The second-order valence-corrected chi connectivity index (χ2v) is 11.7. The van der Waals surface area contributed by atoms with E-state index >= 15 is 0 Å². The molecule has 1 aliphatic heterocycles. The van der Waals surface area contributed by atoms with Crippen LogP contribution in [0.5, 0.6) is 5.75 Å². The molecule has 0 amide bonds. The third-order valence-corrected chi connectivity index (χ3v) is 8.40. The number of allylic oxidation sites excluding steroid dienone is 1. The number of benzene rings is 3. The van der Waals surface area contributed by atoms with Crippen LogP contribution in [-0.2, 0) is 16.1 Å². The molecule has 10 heteroatoms. The van der Waals surface area contributed by atoms with Crippen molar-refractivity contribution in [2.45, 2.75) is 26.0 Å². The summed E-state index contributed by atoms with van der Waals surface area (Å²) in [5.74, 6) is -0.113. The average molecular weight is 658 g/mol. The zero-order valence-corrected chi connectivity index (χ0v) is 25.4. The lowest BCUT2D eigenvalue weighted by molar-refractivity contribution is -0.136. The molecule has 4 aromatic rings. The van der Waals surface area contributed by atoms with E-state index in [-0.39, 0.29) is 12.2 Å². The molecule has 0 saturated carbocycles. The summed E-state index contributed by atoms with van der Waals surface area (Å²) in [6.45, 7) is 2.19. The smallest absolute Gasteiger partial charge is 0.338 e. The van der Waals surface area contributed by atoms with Crippen LogP contribution in [0.15, 0.2) is 92.3 Å². The van der Waals surface area contributed by atoms with E-state index in [2.05, 4.69) is 15.9 Å². The lowest BCUT2D eigenvalue weighted by Gasteiger charge is -2.25. The fraction of sp³-hybridized carbons (Fsp3) is 0.167. The molecule has 1 aromatic heterocycles. The normalized spacial score (nSPS) is 15.0. The maximum atomic E-state index is 13.9. The molecule has 0 saturated heterocycles. The van der Waals surface area contributed by atoms with Crippen molar-refractivity contribution < 1.29 is 14.3 Å². The first-order valence-corrected chi connectivity index (χ1v) is 14.7. The molecule has 0 spiro atoms. The summed E-state index contributed by atoms with van der Waals surface area (Å²) in [5, 5.41) is 0.732. The van der Waals surface area contributed by atoms with Crippen LogP contribution in [0.4, 0.5) is 0 Å². The lowest BCUT2D eigenvalue weighted by atomic mass is 9.95. The van der Waals surface area contributed by atoms with Crippen molar-refractivity contribution in [1.29, 1.82) is 0 Å². The predicted octanol–water partition coefficient (Wildman–Crippen LogP) is 6.45. The monoisotopic (exact) mass is 656 g/mol. The van der Waals surface area contributed by atoms with E-state index < -0.39 is 12.0 Å². The highest BCUT2D eigenvalue weighted by Gasteiger charge is 2.33. The van der Waals surface area contributed by atoms with Gasteiger partial charge in [-0.25, -0.2) is 9.79 Å². The van der Waals surface area contributed by atoms with Crippen molar-refractivity contribution in [3.05, 3.63) is 129 Å². The summed E-state index contributed by atoms with van der Waals surface area (Å²) in [6.07, 6.45) is 2.20. The number of methoxy groups -OCH3 is 1. The molecule has 0 aliphatic carbocycles. The Morgan fingerprint density at radius 3 is 2.52 bits per heavy atom. The minimum atomic E-state index is -0.682. The molecule has 0 fully saturated rings. The Hall–Kier alpha value is -3.17. The lowest BCUT2D eigenvalue weighted by Crippen LogP contribution is -2.40. The average Bonchev–Trinajstić information content (AvgIpc) is 3.26. The number of carbonyl (C=O) groups is 1. The quantitative estimate of drug-likeness (QED) is 0.214. The van der Waals surface area contributed by atoms with Gasteiger partial charge in [0.1, 0.15) is 12.4 Å². The van der Waals surface area contributed by atoms with Gasteiger partial charge in [0, 0.05) is 15.1 Å². The first-order valence-electron chi connectivity index (χ1n) is 12.3. The van der Waals surface area contributed by atoms with Crippen molar-refractivity contribution in [2.75, 3.05) is 7.11 Å². The first kappa shape index (κ1) is 28.4. The minimum Gasteiger partial charge on any atom is -0.487 e. The summed E-state index contributed by atoms with van der Waals surface area (Å²) in [4.78, 5) is 32.1. The van der Waals surface area contributed by atoms with Crippen molar-refractivity contribution in [3.8, 4) is 5.75 Å². The van der Waals surface area contributed by atoms with E-state index in [1.807, 2.05) is 61.5 Å². The van der Waals surface area contributed by atoms with Crippen LogP contribution in [0.2, 0.25) is 10.0 Å². The van der Waals surface area contributed by atoms with Crippen molar-refractivity contribution in [1.82, 2.24) is 4.57 Å². The zero-order valence-electron chi connectivity index (χ0n) is 21.5. The van der Waals surface area contributed by atoms with E-state index in [1.54, 1.807) is 22.8 Å². The molecule has 6 nitrogen and oxygen atoms in total. The number of carbonyl (C=O) groups excluding carboxylic acids is 1. The third-order valence-electron chi connectivity index (χ3n) is 6.39. The predicted molar refractivity (Wildman–Crippen MR) is 162 cm³/mol. The molecule has 2 heterocycles. The highest BCUT2D eigenvalue weighted by molar-refractivity contribution is 9.10. The number of halogens is 3. The number of rotatable bonds is 7. The molecule has 0 radical (unpaired) electrons. The number of thiazole rings is 1.